The van der Waals surface area contributed by atoms with Gasteiger partial charge >= 0.3 is 6.09 Å². The molecule has 0 fully saturated rings. The summed E-state index contributed by atoms with van der Waals surface area (Å²) in [5.41, 5.74) is -0.452. The Morgan fingerprint density at radius 1 is 1.44 bits per heavy atom. The minimum atomic E-state index is -0.937. The molecule has 1 N–H and O–H groups in total. The van der Waals surface area contributed by atoms with Gasteiger partial charge in [0.1, 0.15) is 12.4 Å². The second-order valence-corrected chi connectivity index (χ2v) is 5.17. The van der Waals surface area contributed by atoms with E-state index in [1.165, 1.54) is 4.90 Å². The van der Waals surface area contributed by atoms with E-state index in [0.29, 0.717) is 12.4 Å². The van der Waals surface area contributed by atoms with Crippen LogP contribution in [-0.4, -0.2) is 39.3 Å². The number of pyridine rings is 1. The molecule has 1 aromatic rings. The highest BCUT2D eigenvalue weighted by Gasteiger charge is 2.30. The Bertz CT molecular complexity index is 387. The monoisotopic (exact) mass is 252 g/mol. The maximum Gasteiger partial charge on any atom is 0.408 e. The highest BCUT2D eigenvalue weighted by molar-refractivity contribution is 5.66. The van der Waals surface area contributed by atoms with Crippen molar-refractivity contribution >= 4 is 6.09 Å². The molecular formula is C13H20N2O3. The van der Waals surface area contributed by atoms with Crippen molar-refractivity contribution in [2.45, 2.75) is 39.3 Å². The van der Waals surface area contributed by atoms with Crippen molar-refractivity contribution in [2.75, 3.05) is 6.61 Å². The lowest BCUT2D eigenvalue weighted by Crippen LogP contribution is -2.52. The summed E-state index contributed by atoms with van der Waals surface area (Å²) in [6.45, 7) is 7.74. The van der Waals surface area contributed by atoms with Gasteiger partial charge in [0, 0.05) is 17.9 Å². The molecule has 100 valence electrons. The van der Waals surface area contributed by atoms with Gasteiger partial charge in [-0.05, 0) is 39.8 Å². The molecule has 0 aromatic carbocycles. The fraction of sp³-hybridized carbons (Fsp3) is 0.538. The van der Waals surface area contributed by atoms with E-state index in [0.717, 1.165) is 0 Å². The van der Waals surface area contributed by atoms with Crippen LogP contribution in [0.5, 0.6) is 5.75 Å². The Balaban J connectivity index is 2.63. The van der Waals surface area contributed by atoms with E-state index in [1.54, 1.807) is 24.5 Å². The third-order valence-corrected chi connectivity index (χ3v) is 2.51. The van der Waals surface area contributed by atoms with Crippen LogP contribution in [0.3, 0.4) is 0 Å². The summed E-state index contributed by atoms with van der Waals surface area (Å²) in [5, 5.41) is 9.24. The van der Waals surface area contributed by atoms with Gasteiger partial charge in [0.05, 0.1) is 6.04 Å². The molecule has 0 saturated carbocycles. The molecule has 1 amide bonds. The van der Waals surface area contributed by atoms with Gasteiger partial charge < -0.3 is 9.84 Å². The summed E-state index contributed by atoms with van der Waals surface area (Å²) in [4.78, 5) is 16.5. The standard InChI is InChI=1S/C13H20N2O3/c1-10(15(12(16)17)13(2,3)4)9-18-11-5-7-14-8-6-11/h5-8,10H,9H2,1-4H3,(H,16,17)/t10-/m0/s1. The van der Waals surface area contributed by atoms with Crippen LogP contribution in [0.25, 0.3) is 0 Å². The quantitative estimate of drug-likeness (QED) is 0.894. The number of hydrogen-bond donors (Lipinski definition) is 1. The second kappa shape index (κ2) is 5.71. The Kier molecular flexibility index (Phi) is 4.53. The first-order chi connectivity index (χ1) is 8.32. The number of amides is 1. The first-order valence-corrected chi connectivity index (χ1v) is 5.87. The van der Waals surface area contributed by atoms with Crippen LogP contribution >= 0.6 is 0 Å². The number of aromatic nitrogens is 1. The molecule has 1 heterocycles. The van der Waals surface area contributed by atoms with Crippen LogP contribution in [0.4, 0.5) is 4.79 Å². The number of ether oxygens (including phenoxy) is 1. The molecule has 0 aliphatic carbocycles. The zero-order valence-corrected chi connectivity index (χ0v) is 11.3. The van der Waals surface area contributed by atoms with Crippen molar-refractivity contribution in [1.82, 2.24) is 9.88 Å². The predicted molar refractivity (Wildman–Crippen MR) is 68.8 cm³/mol. The van der Waals surface area contributed by atoms with Crippen LogP contribution in [0.15, 0.2) is 24.5 Å². The van der Waals surface area contributed by atoms with Crippen molar-refractivity contribution in [1.29, 1.82) is 0 Å². The summed E-state index contributed by atoms with van der Waals surface area (Å²) in [5.74, 6) is 0.691. The zero-order chi connectivity index (χ0) is 13.8. The van der Waals surface area contributed by atoms with Crippen LogP contribution in [0.1, 0.15) is 27.7 Å². The lowest BCUT2D eigenvalue weighted by Gasteiger charge is -2.37. The summed E-state index contributed by atoms with van der Waals surface area (Å²) in [6, 6.07) is 3.26. The van der Waals surface area contributed by atoms with Gasteiger partial charge in [-0.2, -0.15) is 0 Å². The van der Waals surface area contributed by atoms with E-state index in [4.69, 9.17) is 4.74 Å². The second-order valence-electron chi connectivity index (χ2n) is 5.17. The van der Waals surface area contributed by atoms with E-state index < -0.39 is 11.6 Å². The van der Waals surface area contributed by atoms with Gasteiger partial charge in [0.2, 0.25) is 0 Å². The van der Waals surface area contributed by atoms with Gasteiger partial charge in [-0.3, -0.25) is 9.88 Å². The molecule has 1 aromatic heterocycles. The van der Waals surface area contributed by atoms with E-state index in [9.17, 15) is 9.90 Å². The smallest absolute Gasteiger partial charge is 0.408 e. The van der Waals surface area contributed by atoms with Gasteiger partial charge in [-0.15, -0.1) is 0 Å². The normalized spacial score (nSPS) is 12.9. The van der Waals surface area contributed by atoms with Crippen LogP contribution in [-0.2, 0) is 0 Å². The Morgan fingerprint density at radius 2 is 2.00 bits per heavy atom. The minimum absolute atomic E-state index is 0.226. The number of nitrogens with zero attached hydrogens (tertiary/aromatic N) is 2. The van der Waals surface area contributed by atoms with E-state index in [1.807, 2.05) is 27.7 Å². The third-order valence-electron chi connectivity index (χ3n) is 2.51. The molecule has 18 heavy (non-hydrogen) atoms. The highest BCUT2D eigenvalue weighted by Crippen LogP contribution is 2.18. The average molecular weight is 252 g/mol. The Morgan fingerprint density at radius 3 is 2.44 bits per heavy atom. The SMILES string of the molecule is C[C@@H](COc1ccncc1)N(C(=O)O)C(C)(C)C. The number of hydrogen-bond acceptors (Lipinski definition) is 3. The topological polar surface area (TPSA) is 62.7 Å². The van der Waals surface area contributed by atoms with Crippen molar-refractivity contribution in [3.8, 4) is 5.75 Å². The summed E-state index contributed by atoms with van der Waals surface area (Å²) < 4.78 is 5.55. The minimum Gasteiger partial charge on any atom is -0.491 e. The number of rotatable bonds is 4. The first kappa shape index (κ1) is 14.3. The summed E-state index contributed by atoms with van der Waals surface area (Å²) in [7, 11) is 0. The highest BCUT2D eigenvalue weighted by atomic mass is 16.5. The predicted octanol–water partition coefficient (Wildman–Crippen LogP) is 2.63. The zero-order valence-electron chi connectivity index (χ0n) is 11.3. The van der Waals surface area contributed by atoms with E-state index >= 15 is 0 Å². The van der Waals surface area contributed by atoms with Crippen LogP contribution in [0.2, 0.25) is 0 Å². The van der Waals surface area contributed by atoms with Crippen molar-refractivity contribution in [2.24, 2.45) is 0 Å². The summed E-state index contributed by atoms with van der Waals surface area (Å²) >= 11 is 0. The van der Waals surface area contributed by atoms with E-state index in [-0.39, 0.29) is 6.04 Å². The molecule has 1 atom stereocenters. The third kappa shape index (κ3) is 3.91. The lowest BCUT2D eigenvalue weighted by atomic mass is 10.0. The first-order valence-electron chi connectivity index (χ1n) is 5.87. The molecule has 1 rings (SSSR count). The molecule has 0 aliphatic rings. The largest absolute Gasteiger partial charge is 0.491 e. The van der Waals surface area contributed by atoms with Gasteiger partial charge in [-0.25, -0.2) is 4.79 Å². The molecule has 0 bridgehead atoms. The molecule has 5 nitrogen and oxygen atoms in total. The molecular weight excluding hydrogens is 232 g/mol. The van der Waals surface area contributed by atoms with Crippen molar-refractivity contribution in [3.05, 3.63) is 24.5 Å². The van der Waals surface area contributed by atoms with Gasteiger partial charge in [0.15, 0.2) is 0 Å². The average Bonchev–Trinajstić information content (AvgIpc) is 2.25. The van der Waals surface area contributed by atoms with E-state index in [2.05, 4.69) is 4.98 Å². The van der Waals surface area contributed by atoms with Crippen molar-refractivity contribution < 1.29 is 14.6 Å². The fourth-order valence-corrected chi connectivity index (χ4v) is 1.86. The molecule has 0 radical (unpaired) electrons. The maximum absolute atomic E-state index is 11.3. The Labute approximate surface area is 107 Å². The van der Waals surface area contributed by atoms with Crippen LogP contribution < -0.4 is 4.74 Å². The molecule has 0 spiro atoms. The number of carboxylic acid groups (broad SMARTS) is 1. The molecule has 0 aliphatic heterocycles. The number of carbonyl (C=O) groups is 1. The fourth-order valence-electron chi connectivity index (χ4n) is 1.86. The molecule has 5 heteroatoms. The maximum atomic E-state index is 11.3. The van der Waals surface area contributed by atoms with Crippen molar-refractivity contribution in [3.63, 3.8) is 0 Å². The van der Waals surface area contributed by atoms with Crippen LogP contribution in [0, 0.1) is 0 Å². The van der Waals surface area contributed by atoms with Gasteiger partial charge in [-0.1, -0.05) is 0 Å². The molecule has 0 unspecified atom stereocenters. The van der Waals surface area contributed by atoms with Gasteiger partial charge in [0.25, 0.3) is 0 Å². The Hall–Kier alpha value is -1.78. The lowest BCUT2D eigenvalue weighted by molar-refractivity contribution is 0.0577. The summed E-state index contributed by atoms with van der Waals surface area (Å²) in [6.07, 6.45) is 2.34. The molecule has 0 saturated heterocycles.